The molecule has 0 spiro atoms. The maximum absolute atomic E-state index is 11.9. The summed E-state index contributed by atoms with van der Waals surface area (Å²) < 4.78 is 5.62. The zero-order chi connectivity index (χ0) is 26.0. The molecule has 0 amide bonds. The van der Waals surface area contributed by atoms with Crippen LogP contribution in [0.25, 0.3) is 22.2 Å². The largest absolute Gasteiger partial charge is 0.494 e. The Morgan fingerprint density at radius 1 is 1.17 bits per heavy atom. The Hall–Kier alpha value is -4.18. The quantitative estimate of drug-likeness (QED) is 0.252. The first-order valence-electron chi connectivity index (χ1n) is 11.6. The zero-order valence-corrected chi connectivity index (χ0v) is 21.4. The van der Waals surface area contributed by atoms with Crippen molar-refractivity contribution in [2.24, 2.45) is 0 Å². The van der Waals surface area contributed by atoms with E-state index in [-0.39, 0.29) is 5.69 Å². The normalized spacial score (nSPS) is 11.2. The van der Waals surface area contributed by atoms with Crippen LogP contribution in [-0.2, 0) is 0 Å². The van der Waals surface area contributed by atoms with Gasteiger partial charge < -0.3 is 24.8 Å². The molecule has 0 unspecified atom stereocenters. The third-order valence-electron chi connectivity index (χ3n) is 6.12. The summed E-state index contributed by atoms with van der Waals surface area (Å²) in [6.07, 6.45) is 1.77. The Morgan fingerprint density at radius 3 is 2.61 bits per heavy atom. The predicted molar refractivity (Wildman–Crippen MR) is 144 cm³/mol. The lowest BCUT2D eigenvalue weighted by atomic mass is 10.0. The molecular weight excluding hydrogens is 458 g/mol. The van der Waals surface area contributed by atoms with Crippen LogP contribution in [0.1, 0.15) is 11.3 Å². The summed E-state index contributed by atoms with van der Waals surface area (Å²) in [5.41, 5.74) is 5.63. The number of aryl methyl sites for hydroxylation is 2. The van der Waals surface area contributed by atoms with E-state index in [9.17, 15) is 10.1 Å². The second-order valence-electron chi connectivity index (χ2n) is 8.96. The van der Waals surface area contributed by atoms with Gasteiger partial charge in [0.25, 0.3) is 5.69 Å². The van der Waals surface area contributed by atoms with E-state index in [1.807, 2.05) is 51.0 Å². The monoisotopic (exact) mass is 489 g/mol. The number of rotatable bonds is 9. The van der Waals surface area contributed by atoms with E-state index < -0.39 is 4.92 Å². The Balaban J connectivity index is 1.77. The van der Waals surface area contributed by atoms with Crippen molar-refractivity contribution in [3.05, 3.63) is 64.0 Å². The summed E-state index contributed by atoms with van der Waals surface area (Å²) in [5, 5.41) is 16.1. The Bertz CT molecular complexity index is 1410. The van der Waals surface area contributed by atoms with Crippen LogP contribution in [-0.4, -0.2) is 66.1 Å². The molecule has 0 fully saturated rings. The molecule has 188 valence electrons. The lowest BCUT2D eigenvalue weighted by Crippen LogP contribution is -2.21. The molecule has 2 aromatic heterocycles. The SMILES string of the molecule is COc1cc(NCCN(C)C)c([N+](=O)[O-])cc1N(C)c1ncc(C)c(-c2c(C)[nH]c3ccccc23)n1. The van der Waals surface area contributed by atoms with Gasteiger partial charge in [0, 0.05) is 60.6 Å². The Morgan fingerprint density at radius 2 is 1.92 bits per heavy atom. The van der Waals surface area contributed by atoms with E-state index >= 15 is 0 Å². The molecule has 4 aromatic rings. The van der Waals surface area contributed by atoms with E-state index in [4.69, 9.17) is 9.72 Å². The van der Waals surface area contributed by atoms with Gasteiger partial charge in [0.1, 0.15) is 11.4 Å². The number of hydrogen-bond donors (Lipinski definition) is 2. The number of anilines is 3. The van der Waals surface area contributed by atoms with Crippen LogP contribution in [0.5, 0.6) is 5.75 Å². The minimum absolute atomic E-state index is 0.0452. The van der Waals surface area contributed by atoms with Crippen LogP contribution in [0, 0.1) is 24.0 Å². The lowest BCUT2D eigenvalue weighted by Gasteiger charge is -2.22. The molecule has 0 aliphatic heterocycles. The molecule has 0 radical (unpaired) electrons. The molecule has 10 nitrogen and oxygen atoms in total. The molecule has 0 atom stereocenters. The molecular formula is C26H31N7O3. The van der Waals surface area contributed by atoms with E-state index in [1.165, 1.54) is 6.07 Å². The Kier molecular flexibility index (Phi) is 7.07. The number of hydrogen-bond acceptors (Lipinski definition) is 8. The minimum atomic E-state index is -0.397. The second-order valence-corrected chi connectivity index (χ2v) is 8.96. The van der Waals surface area contributed by atoms with Crippen LogP contribution in [0.15, 0.2) is 42.6 Å². The molecule has 36 heavy (non-hydrogen) atoms. The van der Waals surface area contributed by atoms with Gasteiger partial charge >= 0.3 is 0 Å². The van der Waals surface area contributed by atoms with Gasteiger partial charge in [0.2, 0.25) is 5.95 Å². The molecule has 0 aliphatic rings. The minimum Gasteiger partial charge on any atom is -0.494 e. The summed E-state index contributed by atoms with van der Waals surface area (Å²) >= 11 is 0. The number of methoxy groups -OCH3 is 1. The van der Waals surface area contributed by atoms with Crippen LogP contribution in [0.3, 0.4) is 0 Å². The highest BCUT2D eigenvalue weighted by molar-refractivity contribution is 5.97. The maximum Gasteiger partial charge on any atom is 0.294 e. The highest BCUT2D eigenvalue weighted by Gasteiger charge is 2.23. The van der Waals surface area contributed by atoms with Gasteiger partial charge in [-0.05, 0) is 39.6 Å². The standard InChI is InChI=1S/C26H31N7O3/c1-16-15-28-26(30-25(16)24-17(2)29-19-10-8-7-9-18(19)24)32(5)22-14-21(33(34)35)20(13-23(22)36-6)27-11-12-31(3)4/h7-10,13-15,27,29H,11-12H2,1-6H3. The van der Waals surface area contributed by atoms with Crippen LogP contribution < -0.4 is 15.0 Å². The number of para-hydroxylation sites is 1. The fourth-order valence-electron chi connectivity index (χ4n) is 4.23. The maximum atomic E-state index is 11.9. The summed E-state index contributed by atoms with van der Waals surface area (Å²) in [7, 11) is 7.21. The number of ether oxygens (including phenoxy) is 1. The van der Waals surface area contributed by atoms with Crippen LogP contribution in [0.2, 0.25) is 0 Å². The third kappa shape index (κ3) is 4.80. The van der Waals surface area contributed by atoms with Gasteiger partial charge in [-0.25, -0.2) is 9.97 Å². The molecule has 2 aromatic carbocycles. The molecule has 0 saturated carbocycles. The number of benzene rings is 2. The fourth-order valence-corrected chi connectivity index (χ4v) is 4.23. The van der Waals surface area contributed by atoms with Crippen LogP contribution >= 0.6 is 0 Å². The smallest absolute Gasteiger partial charge is 0.294 e. The lowest BCUT2D eigenvalue weighted by molar-refractivity contribution is -0.383. The second kappa shape index (κ2) is 10.2. The van der Waals surface area contributed by atoms with Gasteiger partial charge in [0.15, 0.2) is 0 Å². The number of nitro groups is 1. The third-order valence-corrected chi connectivity index (χ3v) is 6.12. The number of likely N-dealkylation sites (N-methyl/N-ethyl adjacent to an activating group) is 1. The van der Waals surface area contributed by atoms with Crippen molar-refractivity contribution >= 4 is 33.9 Å². The summed E-state index contributed by atoms with van der Waals surface area (Å²) in [4.78, 5) is 28.1. The Labute approximate surface area is 210 Å². The highest BCUT2D eigenvalue weighted by Crippen LogP contribution is 2.40. The molecule has 10 heteroatoms. The number of nitro benzene ring substituents is 1. The number of aromatic amines is 1. The summed E-state index contributed by atoms with van der Waals surface area (Å²) in [5.74, 6) is 0.880. The first-order valence-corrected chi connectivity index (χ1v) is 11.6. The molecule has 0 bridgehead atoms. The van der Waals surface area contributed by atoms with Crippen molar-refractivity contribution in [3.63, 3.8) is 0 Å². The molecule has 2 N–H and O–H groups in total. The number of nitrogens with zero attached hydrogens (tertiary/aromatic N) is 5. The molecule has 4 rings (SSSR count). The number of H-pyrrole nitrogens is 1. The van der Waals surface area contributed by atoms with Crippen molar-refractivity contribution in [1.82, 2.24) is 19.9 Å². The van der Waals surface area contributed by atoms with Gasteiger partial charge in [0.05, 0.1) is 23.4 Å². The van der Waals surface area contributed by atoms with Crippen molar-refractivity contribution < 1.29 is 9.66 Å². The first kappa shape index (κ1) is 24.9. The van der Waals surface area contributed by atoms with Gasteiger partial charge in [-0.3, -0.25) is 10.1 Å². The van der Waals surface area contributed by atoms with E-state index in [0.29, 0.717) is 29.6 Å². The molecule has 0 saturated heterocycles. The number of aromatic nitrogens is 3. The van der Waals surface area contributed by atoms with Crippen molar-refractivity contribution in [2.45, 2.75) is 13.8 Å². The first-order chi connectivity index (χ1) is 17.2. The summed E-state index contributed by atoms with van der Waals surface area (Å²) in [6, 6.07) is 11.2. The van der Waals surface area contributed by atoms with Gasteiger partial charge in [-0.2, -0.15) is 0 Å². The molecule has 2 heterocycles. The highest BCUT2D eigenvalue weighted by atomic mass is 16.6. The van der Waals surface area contributed by atoms with Gasteiger partial charge in [-0.15, -0.1) is 0 Å². The predicted octanol–water partition coefficient (Wildman–Crippen LogP) is 4.90. The zero-order valence-electron chi connectivity index (χ0n) is 21.4. The number of fused-ring (bicyclic) bond motifs is 1. The van der Waals surface area contributed by atoms with E-state index in [0.717, 1.165) is 40.0 Å². The average Bonchev–Trinajstić information content (AvgIpc) is 3.18. The van der Waals surface area contributed by atoms with Crippen molar-refractivity contribution in [2.75, 3.05) is 51.6 Å². The number of nitrogens with one attached hydrogen (secondary N) is 2. The van der Waals surface area contributed by atoms with E-state index in [2.05, 4.69) is 21.4 Å². The van der Waals surface area contributed by atoms with Crippen LogP contribution in [0.4, 0.5) is 23.0 Å². The topological polar surface area (TPSA) is 112 Å². The fraction of sp³-hybridized carbons (Fsp3) is 0.308. The van der Waals surface area contributed by atoms with E-state index in [1.54, 1.807) is 31.3 Å². The molecule has 0 aliphatic carbocycles. The summed E-state index contributed by atoms with van der Waals surface area (Å²) in [6.45, 7) is 5.28. The van der Waals surface area contributed by atoms with Gasteiger partial charge in [-0.1, -0.05) is 18.2 Å². The average molecular weight is 490 g/mol. The van der Waals surface area contributed by atoms with Crippen molar-refractivity contribution in [1.29, 1.82) is 0 Å². The van der Waals surface area contributed by atoms with Crippen molar-refractivity contribution in [3.8, 4) is 17.0 Å².